The van der Waals surface area contributed by atoms with Gasteiger partial charge in [0.1, 0.15) is 5.76 Å². The van der Waals surface area contributed by atoms with Crippen LogP contribution in [0.5, 0.6) is 0 Å². The van der Waals surface area contributed by atoms with E-state index in [9.17, 15) is 0 Å². The number of aryl methyl sites for hydroxylation is 2. The fourth-order valence-corrected chi connectivity index (χ4v) is 1.42. The molecule has 1 saturated heterocycles. The molecule has 2 heterocycles. The SMILES string of the molecule is CCc1oc(C2CNC2)nc1C. The Labute approximate surface area is 72.2 Å². The van der Waals surface area contributed by atoms with Crippen LogP contribution in [0.25, 0.3) is 0 Å². The summed E-state index contributed by atoms with van der Waals surface area (Å²) in [7, 11) is 0. The largest absolute Gasteiger partial charge is 0.445 e. The van der Waals surface area contributed by atoms with Crippen LogP contribution < -0.4 is 5.32 Å². The zero-order chi connectivity index (χ0) is 8.55. The van der Waals surface area contributed by atoms with Gasteiger partial charge in [-0.1, -0.05) is 6.92 Å². The van der Waals surface area contributed by atoms with Crippen LogP contribution in [0.2, 0.25) is 0 Å². The van der Waals surface area contributed by atoms with E-state index in [0.29, 0.717) is 5.92 Å². The lowest BCUT2D eigenvalue weighted by atomic mass is 10.0. The van der Waals surface area contributed by atoms with E-state index in [4.69, 9.17) is 4.42 Å². The topological polar surface area (TPSA) is 38.1 Å². The molecule has 12 heavy (non-hydrogen) atoms. The maximum Gasteiger partial charge on any atom is 0.200 e. The van der Waals surface area contributed by atoms with E-state index >= 15 is 0 Å². The van der Waals surface area contributed by atoms with Gasteiger partial charge in [0.2, 0.25) is 0 Å². The molecule has 0 radical (unpaired) electrons. The third-order valence-corrected chi connectivity index (χ3v) is 2.36. The maximum atomic E-state index is 5.62. The van der Waals surface area contributed by atoms with Crippen LogP contribution in [-0.4, -0.2) is 18.1 Å². The maximum absolute atomic E-state index is 5.62. The van der Waals surface area contributed by atoms with Crippen molar-refractivity contribution in [1.82, 2.24) is 10.3 Å². The van der Waals surface area contributed by atoms with Gasteiger partial charge in [-0.25, -0.2) is 4.98 Å². The summed E-state index contributed by atoms with van der Waals surface area (Å²) in [5.74, 6) is 2.48. The van der Waals surface area contributed by atoms with Crippen LogP contribution in [0.4, 0.5) is 0 Å². The summed E-state index contributed by atoms with van der Waals surface area (Å²) in [5.41, 5.74) is 1.06. The highest BCUT2D eigenvalue weighted by Gasteiger charge is 2.24. The van der Waals surface area contributed by atoms with Crippen LogP contribution in [0, 0.1) is 6.92 Å². The lowest BCUT2D eigenvalue weighted by Gasteiger charge is -2.23. The highest BCUT2D eigenvalue weighted by molar-refractivity contribution is 5.11. The number of rotatable bonds is 2. The minimum absolute atomic E-state index is 0.518. The molecule has 3 heteroatoms. The van der Waals surface area contributed by atoms with Gasteiger partial charge in [0.15, 0.2) is 5.89 Å². The van der Waals surface area contributed by atoms with Crippen molar-refractivity contribution in [1.29, 1.82) is 0 Å². The van der Waals surface area contributed by atoms with E-state index in [0.717, 1.165) is 36.9 Å². The molecule has 1 aromatic rings. The molecule has 0 aliphatic carbocycles. The molecule has 0 bridgehead atoms. The Morgan fingerprint density at radius 3 is 2.75 bits per heavy atom. The molecule has 1 fully saturated rings. The van der Waals surface area contributed by atoms with Gasteiger partial charge < -0.3 is 9.73 Å². The Bertz CT molecular complexity index is 276. The zero-order valence-electron chi connectivity index (χ0n) is 7.55. The smallest absolute Gasteiger partial charge is 0.200 e. The molecular formula is C9H14N2O. The predicted octanol–water partition coefficient (Wildman–Crippen LogP) is 1.23. The van der Waals surface area contributed by atoms with Crippen molar-refractivity contribution < 1.29 is 4.42 Å². The lowest BCUT2D eigenvalue weighted by Crippen LogP contribution is -2.40. The van der Waals surface area contributed by atoms with Crippen LogP contribution >= 0.6 is 0 Å². The summed E-state index contributed by atoms with van der Waals surface area (Å²) < 4.78 is 5.62. The first-order valence-electron chi connectivity index (χ1n) is 4.48. The first-order valence-corrected chi connectivity index (χ1v) is 4.48. The molecule has 0 saturated carbocycles. The first kappa shape index (κ1) is 7.80. The van der Waals surface area contributed by atoms with Gasteiger partial charge in [0, 0.05) is 19.5 Å². The molecule has 0 amide bonds. The zero-order valence-corrected chi connectivity index (χ0v) is 7.55. The summed E-state index contributed by atoms with van der Waals surface area (Å²) in [6.07, 6.45) is 0.943. The van der Waals surface area contributed by atoms with Crippen LogP contribution in [0.3, 0.4) is 0 Å². The Morgan fingerprint density at radius 2 is 2.33 bits per heavy atom. The second-order valence-corrected chi connectivity index (χ2v) is 3.27. The molecule has 0 unspecified atom stereocenters. The van der Waals surface area contributed by atoms with E-state index in [1.807, 2.05) is 6.92 Å². The van der Waals surface area contributed by atoms with Crippen molar-refractivity contribution in [3.8, 4) is 0 Å². The van der Waals surface area contributed by atoms with Gasteiger partial charge in [0.05, 0.1) is 11.6 Å². The second kappa shape index (κ2) is 2.90. The average molecular weight is 166 g/mol. The van der Waals surface area contributed by atoms with E-state index in [1.165, 1.54) is 0 Å². The number of aromatic nitrogens is 1. The fourth-order valence-electron chi connectivity index (χ4n) is 1.42. The summed E-state index contributed by atoms with van der Waals surface area (Å²) in [5, 5.41) is 3.21. The van der Waals surface area contributed by atoms with Gasteiger partial charge in [-0.05, 0) is 6.92 Å². The molecule has 1 aliphatic rings. The van der Waals surface area contributed by atoms with Crippen molar-refractivity contribution in [2.75, 3.05) is 13.1 Å². The molecule has 0 spiro atoms. The third-order valence-electron chi connectivity index (χ3n) is 2.36. The Morgan fingerprint density at radius 1 is 1.58 bits per heavy atom. The van der Waals surface area contributed by atoms with Crippen LogP contribution in [0.15, 0.2) is 4.42 Å². The Balaban J connectivity index is 2.21. The number of nitrogens with one attached hydrogen (secondary N) is 1. The highest BCUT2D eigenvalue weighted by atomic mass is 16.4. The lowest BCUT2D eigenvalue weighted by molar-refractivity contribution is 0.346. The molecule has 1 aliphatic heterocycles. The molecule has 66 valence electrons. The van der Waals surface area contributed by atoms with Crippen molar-refractivity contribution in [2.45, 2.75) is 26.2 Å². The Kier molecular flexibility index (Phi) is 1.89. The van der Waals surface area contributed by atoms with E-state index in [1.54, 1.807) is 0 Å². The number of hydrogen-bond donors (Lipinski definition) is 1. The fraction of sp³-hybridized carbons (Fsp3) is 0.667. The van der Waals surface area contributed by atoms with Crippen molar-refractivity contribution in [2.24, 2.45) is 0 Å². The van der Waals surface area contributed by atoms with E-state index in [2.05, 4.69) is 17.2 Å². The summed E-state index contributed by atoms with van der Waals surface area (Å²) in [4.78, 5) is 4.40. The van der Waals surface area contributed by atoms with Gasteiger partial charge in [0.25, 0.3) is 0 Å². The standard InChI is InChI=1S/C9H14N2O/c1-3-8-6(2)11-9(12-8)7-4-10-5-7/h7,10H,3-5H2,1-2H3. The number of nitrogens with zero attached hydrogens (tertiary/aromatic N) is 1. The summed E-state index contributed by atoms with van der Waals surface area (Å²) in [6.45, 7) is 6.14. The normalized spacial score (nSPS) is 17.8. The van der Waals surface area contributed by atoms with Gasteiger partial charge in [-0.15, -0.1) is 0 Å². The average Bonchev–Trinajstić information content (AvgIpc) is 2.27. The molecule has 0 aromatic carbocycles. The second-order valence-electron chi connectivity index (χ2n) is 3.27. The van der Waals surface area contributed by atoms with Crippen molar-refractivity contribution in [3.05, 3.63) is 17.3 Å². The van der Waals surface area contributed by atoms with Crippen LogP contribution in [-0.2, 0) is 6.42 Å². The minimum Gasteiger partial charge on any atom is -0.445 e. The van der Waals surface area contributed by atoms with E-state index < -0.39 is 0 Å². The molecule has 1 aromatic heterocycles. The molecule has 1 N–H and O–H groups in total. The van der Waals surface area contributed by atoms with Gasteiger partial charge >= 0.3 is 0 Å². The quantitative estimate of drug-likeness (QED) is 0.718. The predicted molar refractivity (Wildman–Crippen MR) is 46.2 cm³/mol. The van der Waals surface area contributed by atoms with Crippen molar-refractivity contribution in [3.63, 3.8) is 0 Å². The highest BCUT2D eigenvalue weighted by Crippen LogP contribution is 2.21. The van der Waals surface area contributed by atoms with Crippen molar-refractivity contribution >= 4 is 0 Å². The number of hydrogen-bond acceptors (Lipinski definition) is 3. The minimum atomic E-state index is 0.518. The van der Waals surface area contributed by atoms with Gasteiger partial charge in [-0.2, -0.15) is 0 Å². The molecule has 2 rings (SSSR count). The van der Waals surface area contributed by atoms with E-state index in [-0.39, 0.29) is 0 Å². The summed E-state index contributed by atoms with van der Waals surface area (Å²) >= 11 is 0. The summed E-state index contributed by atoms with van der Waals surface area (Å²) in [6, 6.07) is 0. The molecule has 0 atom stereocenters. The molecular weight excluding hydrogens is 152 g/mol. The van der Waals surface area contributed by atoms with Gasteiger partial charge in [-0.3, -0.25) is 0 Å². The first-order chi connectivity index (χ1) is 5.81. The Hall–Kier alpha value is -0.830. The van der Waals surface area contributed by atoms with Crippen LogP contribution in [0.1, 0.15) is 30.2 Å². The molecule has 3 nitrogen and oxygen atoms in total. The third kappa shape index (κ3) is 1.14. The monoisotopic (exact) mass is 166 g/mol. The number of oxazole rings is 1.